The van der Waals surface area contributed by atoms with Gasteiger partial charge < -0.3 is 15.5 Å². The van der Waals surface area contributed by atoms with E-state index in [1.807, 2.05) is 25.1 Å². The number of H-pyrrole nitrogens is 1. The number of nitrogens with one attached hydrogen (secondary N) is 1. The van der Waals surface area contributed by atoms with Gasteiger partial charge in [0.15, 0.2) is 0 Å². The quantitative estimate of drug-likeness (QED) is 0.666. The number of hydrogen-bond acceptors (Lipinski definition) is 4. The van der Waals surface area contributed by atoms with Crippen LogP contribution in [0.4, 0.5) is 0 Å². The van der Waals surface area contributed by atoms with Crippen LogP contribution in [0.15, 0.2) is 36.7 Å². The SMILES string of the molecule is Cc1cc(-c2cnc3[nH]cc(/C=C/C(N)=O)c3c2)cc(OCC(C)C)n1. The molecule has 3 rings (SSSR count). The molecule has 3 aromatic heterocycles. The number of aromatic nitrogens is 3. The summed E-state index contributed by atoms with van der Waals surface area (Å²) in [6.45, 7) is 6.76. The fourth-order valence-corrected chi connectivity index (χ4v) is 2.62. The summed E-state index contributed by atoms with van der Waals surface area (Å²) in [5.41, 5.74) is 9.60. The normalized spacial score (nSPS) is 11.5. The van der Waals surface area contributed by atoms with Gasteiger partial charge in [0.25, 0.3) is 0 Å². The second-order valence-electron chi connectivity index (χ2n) is 6.64. The molecule has 0 aliphatic carbocycles. The van der Waals surface area contributed by atoms with E-state index in [1.54, 1.807) is 18.5 Å². The first kappa shape index (κ1) is 17.7. The lowest BCUT2D eigenvalue weighted by molar-refractivity contribution is -0.113. The Labute approximate surface area is 152 Å². The molecule has 26 heavy (non-hydrogen) atoms. The molecular weight excluding hydrogens is 328 g/mol. The van der Waals surface area contributed by atoms with Gasteiger partial charge in [0.2, 0.25) is 11.8 Å². The summed E-state index contributed by atoms with van der Waals surface area (Å²) < 4.78 is 5.77. The van der Waals surface area contributed by atoms with E-state index >= 15 is 0 Å². The van der Waals surface area contributed by atoms with Gasteiger partial charge in [-0.1, -0.05) is 13.8 Å². The lowest BCUT2D eigenvalue weighted by Crippen LogP contribution is -2.06. The highest BCUT2D eigenvalue weighted by Crippen LogP contribution is 2.28. The van der Waals surface area contributed by atoms with E-state index in [0.717, 1.165) is 33.4 Å². The van der Waals surface area contributed by atoms with Crippen LogP contribution in [-0.4, -0.2) is 27.5 Å². The van der Waals surface area contributed by atoms with Crippen LogP contribution in [0.5, 0.6) is 5.88 Å². The number of nitrogens with zero attached hydrogens (tertiary/aromatic N) is 2. The molecule has 134 valence electrons. The van der Waals surface area contributed by atoms with Crippen LogP contribution in [-0.2, 0) is 4.79 Å². The minimum Gasteiger partial charge on any atom is -0.477 e. The Morgan fingerprint density at radius 2 is 2.12 bits per heavy atom. The van der Waals surface area contributed by atoms with Gasteiger partial charge in [0.1, 0.15) is 5.65 Å². The monoisotopic (exact) mass is 350 g/mol. The van der Waals surface area contributed by atoms with Gasteiger partial charge in [0.05, 0.1) is 6.61 Å². The standard InChI is InChI=1S/C20H22N4O2/c1-12(2)11-26-19-8-15(6-13(3)24-19)16-7-17-14(4-5-18(21)25)9-22-20(17)23-10-16/h4-10,12H,11H2,1-3H3,(H2,21,25)(H,22,23)/b5-4+. The number of amides is 1. The van der Waals surface area contributed by atoms with Crippen molar-refractivity contribution in [3.8, 4) is 17.0 Å². The van der Waals surface area contributed by atoms with Crippen molar-refractivity contribution in [1.82, 2.24) is 15.0 Å². The predicted molar refractivity (Wildman–Crippen MR) is 103 cm³/mol. The van der Waals surface area contributed by atoms with Crippen LogP contribution in [0.25, 0.3) is 28.2 Å². The molecule has 0 bridgehead atoms. The van der Waals surface area contributed by atoms with Crippen LogP contribution in [0, 0.1) is 12.8 Å². The van der Waals surface area contributed by atoms with Crippen molar-refractivity contribution in [2.24, 2.45) is 11.7 Å². The number of nitrogens with two attached hydrogens (primary N) is 1. The van der Waals surface area contributed by atoms with E-state index in [1.165, 1.54) is 6.08 Å². The van der Waals surface area contributed by atoms with E-state index in [4.69, 9.17) is 10.5 Å². The average Bonchev–Trinajstić information content (AvgIpc) is 3.00. The maximum atomic E-state index is 11.0. The fraction of sp³-hybridized carbons (Fsp3) is 0.250. The summed E-state index contributed by atoms with van der Waals surface area (Å²) in [6, 6.07) is 5.95. The fourth-order valence-electron chi connectivity index (χ4n) is 2.62. The van der Waals surface area contributed by atoms with E-state index in [9.17, 15) is 4.79 Å². The molecule has 3 aromatic rings. The third-order valence-electron chi connectivity index (χ3n) is 3.82. The van der Waals surface area contributed by atoms with Gasteiger partial charge in [-0.2, -0.15) is 0 Å². The van der Waals surface area contributed by atoms with Crippen molar-refractivity contribution in [3.05, 3.63) is 47.9 Å². The molecule has 3 N–H and O–H groups in total. The number of hydrogen-bond donors (Lipinski definition) is 2. The molecule has 0 fully saturated rings. The third kappa shape index (κ3) is 4.08. The van der Waals surface area contributed by atoms with Crippen molar-refractivity contribution < 1.29 is 9.53 Å². The molecule has 0 unspecified atom stereocenters. The zero-order chi connectivity index (χ0) is 18.7. The molecule has 0 aromatic carbocycles. The maximum Gasteiger partial charge on any atom is 0.241 e. The van der Waals surface area contributed by atoms with Crippen molar-refractivity contribution in [1.29, 1.82) is 0 Å². The Balaban J connectivity index is 1.99. The summed E-state index contributed by atoms with van der Waals surface area (Å²) >= 11 is 0. The number of primary amides is 1. The summed E-state index contributed by atoms with van der Waals surface area (Å²) in [7, 11) is 0. The highest BCUT2D eigenvalue weighted by molar-refractivity contribution is 5.95. The Hall–Kier alpha value is -3.15. The lowest BCUT2D eigenvalue weighted by atomic mass is 10.1. The molecular formula is C20H22N4O2. The maximum absolute atomic E-state index is 11.0. The van der Waals surface area contributed by atoms with Crippen molar-refractivity contribution in [3.63, 3.8) is 0 Å². The van der Waals surface area contributed by atoms with Crippen LogP contribution in [0.2, 0.25) is 0 Å². The van der Waals surface area contributed by atoms with Crippen molar-refractivity contribution in [2.45, 2.75) is 20.8 Å². The summed E-state index contributed by atoms with van der Waals surface area (Å²) in [6.07, 6.45) is 6.63. The van der Waals surface area contributed by atoms with E-state index < -0.39 is 5.91 Å². The second-order valence-corrected chi connectivity index (χ2v) is 6.64. The minimum atomic E-state index is -0.486. The first-order valence-corrected chi connectivity index (χ1v) is 8.49. The number of fused-ring (bicyclic) bond motifs is 1. The Kier molecular flexibility index (Phi) is 5.02. The highest BCUT2D eigenvalue weighted by Gasteiger charge is 2.09. The molecule has 6 heteroatoms. The molecule has 6 nitrogen and oxygen atoms in total. The van der Waals surface area contributed by atoms with Gasteiger partial charge in [-0.3, -0.25) is 4.79 Å². The number of aryl methyl sites for hydroxylation is 1. The first-order chi connectivity index (χ1) is 12.4. The lowest BCUT2D eigenvalue weighted by Gasteiger charge is -2.10. The van der Waals surface area contributed by atoms with Crippen LogP contribution < -0.4 is 10.5 Å². The van der Waals surface area contributed by atoms with Crippen molar-refractivity contribution >= 4 is 23.0 Å². The minimum absolute atomic E-state index is 0.429. The number of carbonyl (C=O) groups excluding carboxylic acids is 1. The first-order valence-electron chi connectivity index (χ1n) is 8.49. The molecule has 0 radical (unpaired) electrons. The van der Waals surface area contributed by atoms with Gasteiger partial charge in [-0.05, 0) is 36.6 Å². The number of ether oxygens (including phenoxy) is 1. The molecule has 0 saturated carbocycles. The molecule has 0 aliphatic heterocycles. The smallest absolute Gasteiger partial charge is 0.241 e. The number of aromatic amines is 1. The third-order valence-corrected chi connectivity index (χ3v) is 3.82. The van der Waals surface area contributed by atoms with Gasteiger partial charge in [-0.25, -0.2) is 9.97 Å². The highest BCUT2D eigenvalue weighted by atomic mass is 16.5. The Bertz CT molecular complexity index is 973. The Morgan fingerprint density at radius 1 is 1.31 bits per heavy atom. The van der Waals surface area contributed by atoms with Gasteiger partial charge in [-0.15, -0.1) is 0 Å². The second kappa shape index (κ2) is 7.39. The van der Waals surface area contributed by atoms with Crippen LogP contribution in [0.1, 0.15) is 25.1 Å². The van der Waals surface area contributed by atoms with Gasteiger partial charge >= 0.3 is 0 Å². The molecule has 3 heterocycles. The van der Waals surface area contributed by atoms with Crippen LogP contribution in [0.3, 0.4) is 0 Å². The molecule has 1 amide bonds. The number of carbonyl (C=O) groups is 1. The molecule has 0 aliphatic rings. The van der Waals surface area contributed by atoms with E-state index in [-0.39, 0.29) is 0 Å². The number of pyridine rings is 2. The van der Waals surface area contributed by atoms with E-state index in [2.05, 4.69) is 28.8 Å². The zero-order valence-electron chi connectivity index (χ0n) is 15.1. The van der Waals surface area contributed by atoms with Crippen LogP contribution >= 0.6 is 0 Å². The average molecular weight is 350 g/mol. The number of rotatable bonds is 6. The largest absolute Gasteiger partial charge is 0.477 e. The zero-order valence-corrected chi connectivity index (χ0v) is 15.1. The van der Waals surface area contributed by atoms with Crippen molar-refractivity contribution in [2.75, 3.05) is 6.61 Å². The summed E-state index contributed by atoms with van der Waals surface area (Å²) in [4.78, 5) is 23.0. The predicted octanol–water partition coefficient (Wildman–Crippen LogP) is 3.47. The molecule has 0 saturated heterocycles. The molecule has 0 atom stereocenters. The van der Waals surface area contributed by atoms with E-state index in [0.29, 0.717) is 18.4 Å². The Morgan fingerprint density at radius 3 is 2.85 bits per heavy atom. The summed E-state index contributed by atoms with van der Waals surface area (Å²) in [5.74, 6) is 0.551. The summed E-state index contributed by atoms with van der Waals surface area (Å²) in [5, 5.41) is 0.916. The topological polar surface area (TPSA) is 93.9 Å². The van der Waals surface area contributed by atoms with Gasteiger partial charge in [0, 0.05) is 46.7 Å². The molecule has 0 spiro atoms.